The van der Waals surface area contributed by atoms with Gasteiger partial charge < -0.3 is 24.6 Å². The normalized spacial score (nSPS) is 13.1. The van der Waals surface area contributed by atoms with Crippen molar-refractivity contribution in [1.29, 1.82) is 5.26 Å². The van der Waals surface area contributed by atoms with Crippen molar-refractivity contribution in [2.45, 2.75) is 20.8 Å². The van der Waals surface area contributed by atoms with E-state index < -0.39 is 0 Å². The molecule has 8 nitrogen and oxygen atoms in total. The van der Waals surface area contributed by atoms with Gasteiger partial charge in [-0.1, -0.05) is 48.0 Å². The largest absolute Gasteiger partial charge is 4.00 e. The van der Waals surface area contributed by atoms with E-state index in [2.05, 4.69) is 117 Å². The molecule has 0 saturated heterocycles. The van der Waals surface area contributed by atoms with Crippen LogP contribution in [0.15, 0.2) is 103 Å². The number of nitrogens with zero attached hydrogens (tertiary/aromatic N) is 8. The van der Waals surface area contributed by atoms with Crippen molar-refractivity contribution in [3.8, 4) is 17.2 Å². The number of hydrogen-bond acceptors (Lipinski definition) is 7. The van der Waals surface area contributed by atoms with Crippen molar-refractivity contribution >= 4 is 56.2 Å². The fourth-order valence-corrected chi connectivity index (χ4v) is 7.06. The van der Waals surface area contributed by atoms with Crippen LogP contribution in [0.3, 0.4) is 0 Å². The minimum atomic E-state index is 0. The van der Waals surface area contributed by atoms with E-state index in [0.29, 0.717) is 5.56 Å². The van der Waals surface area contributed by atoms with E-state index in [1.54, 1.807) is 6.07 Å². The Morgan fingerprint density at radius 2 is 1.25 bits per heavy atom. The summed E-state index contributed by atoms with van der Waals surface area (Å²) in [6.45, 7) is 10.7. The number of rotatable bonds is 3. The molecule has 0 N–H and O–H groups in total. The van der Waals surface area contributed by atoms with Crippen LogP contribution in [0.25, 0.3) is 32.9 Å². The van der Waals surface area contributed by atoms with Crippen LogP contribution in [-0.2, 0) is 21.1 Å². The molecule has 9 rings (SSSR count). The smallest absolute Gasteiger partial charge is 0.657 e. The van der Waals surface area contributed by atoms with E-state index in [0.717, 1.165) is 61.8 Å². The molecular weight excluding hydrogens is 812 g/mol. The molecule has 0 amide bonds. The second-order valence-corrected chi connectivity index (χ2v) is 12.8. The Morgan fingerprint density at radius 1 is 0.686 bits per heavy atom. The fraction of sp³-hybridized carbons (Fsp3) is 0.119. The number of aryl methyl sites for hydroxylation is 3. The standard InChI is InChI=1S/C29H27N6.C13H7N2.Pt/c1-19-12-20(2)27(21(3)13-19)22-14-23(34-17-32(4)25-8-6-10-30-28(25)34)16-24(15-22)35-18-33(5)26-9-7-11-31-29(26)35;14-8-9-5-6-13-11(7-9)10-3-1-2-4-12(10)15-13;/h6-15,17-18H,1-5H3;1-7H;/q-3;-1;+4. The first kappa shape index (κ1) is 33.8. The van der Waals surface area contributed by atoms with Crippen LogP contribution in [0, 0.1) is 51.5 Å². The van der Waals surface area contributed by atoms with Crippen LogP contribution in [0.2, 0.25) is 0 Å². The zero-order chi connectivity index (χ0) is 34.5. The minimum absolute atomic E-state index is 0. The average Bonchev–Trinajstić information content (AvgIpc) is 3.78. The van der Waals surface area contributed by atoms with Gasteiger partial charge in [-0.05, 0) is 98.7 Å². The molecule has 0 saturated carbocycles. The van der Waals surface area contributed by atoms with Crippen molar-refractivity contribution < 1.29 is 21.1 Å². The van der Waals surface area contributed by atoms with Gasteiger partial charge in [0.15, 0.2) is 0 Å². The van der Waals surface area contributed by atoms with Crippen molar-refractivity contribution in [3.05, 3.63) is 145 Å². The quantitative estimate of drug-likeness (QED) is 0.163. The Labute approximate surface area is 312 Å². The Bertz CT molecular complexity index is 2360. The van der Waals surface area contributed by atoms with E-state index in [-0.39, 0.29) is 21.1 Å². The monoisotopic (exact) mass is 845 g/mol. The molecule has 0 radical (unpaired) electrons. The predicted octanol–water partition coefficient (Wildman–Crippen LogP) is 9.10. The summed E-state index contributed by atoms with van der Waals surface area (Å²) in [6, 6.07) is 36.4. The number of anilines is 6. The molecule has 3 aromatic heterocycles. The van der Waals surface area contributed by atoms with Gasteiger partial charge in [-0.15, -0.1) is 46.2 Å². The molecule has 4 aromatic carbocycles. The third-order valence-electron chi connectivity index (χ3n) is 9.21. The fourth-order valence-electron chi connectivity index (χ4n) is 7.06. The molecule has 2 aliphatic heterocycles. The van der Waals surface area contributed by atoms with E-state index in [1.165, 1.54) is 22.3 Å². The Balaban J connectivity index is 0.000000212. The Kier molecular flexibility index (Phi) is 9.01. The first-order chi connectivity index (χ1) is 24.3. The minimum Gasteiger partial charge on any atom is -0.657 e. The summed E-state index contributed by atoms with van der Waals surface area (Å²) >= 11 is 0. The number of nitriles is 1. The third kappa shape index (κ3) is 6.09. The average molecular weight is 846 g/mol. The number of fused-ring (bicyclic) bond motifs is 5. The second-order valence-electron chi connectivity index (χ2n) is 12.8. The van der Waals surface area contributed by atoms with E-state index >= 15 is 0 Å². The van der Waals surface area contributed by atoms with Gasteiger partial charge in [-0.25, -0.2) is 9.97 Å². The topological polar surface area (TPSA) is 76.6 Å². The molecule has 0 aliphatic carbocycles. The molecule has 0 unspecified atom stereocenters. The summed E-state index contributed by atoms with van der Waals surface area (Å²) in [4.78, 5) is 22.3. The SMILES string of the molecule is Cc1cc(C)c(-c2cc(N3[CH-]N(C)c4cccnc43)[c-]c(N3[CH-]N(C)c4cccnc43)c2)c(C)c1.N#Cc1ccc2[n-]c3ccccc3c2c1.[Pt+4]. The number of hydrogen-bond donors (Lipinski definition) is 0. The van der Waals surface area contributed by atoms with Gasteiger partial charge in [0, 0.05) is 23.8 Å². The molecule has 5 heterocycles. The van der Waals surface area contributed by atoms with Crippen LogP contribution in [0.1, 0.15) is 22.3 Å². The maximum absolute atomic E-state index is 8.84. The van der Waals surface area contributed by atoms with Crippen LogP contribution in [-0.4, -0.2) is 24.1 Å². The van der Waals surface area contributed by atoms with Crippen LogP contribution in [0.5, 0.6) is 0 Å². The summed E-state index contributed by atoms with van der Waals surface area (Å²) in [6.07, 6.45) is 3.67. The summed E-state index contributed by atoms with van der Waals surface area (Å²) in [5.74, 6) is 1.79. The van der Waals surface area contributed by atoms with Gasteiger partial charge in [0.25, 0.3) is 0 Å². The number of aromatic nitrogens is 3. The second kappa shape index (κ2) is 13.6. The Hall–Kier alpha value is -5.64. The molecule has 0 bridgehead atoms. The number of para-hydroxylation sites is 1. The number of benzene rings is 4. The molecule has 9 heteroatoms. The van der Waals surface area contributed by atoms with Gasteiger partial charge in [0.1, 0.15) is 11.6 Å². The van der Waals surface area contributed by atoms with Crippen molar-refractivity contribution in [3.63, 3.8) is 0 Å². The molecule has 0 fully saturated rings. The van der Waals surface area contributed by atoms with Gasteiger partial charge >= 0.3 is 21.1 Å². The molecule has 0 atom stereocenters. The molecule has 252 valence electrons. The van der Waals surface area contributed by atoms with E-state index in [1.807, 2.05) is 75.0 Å². The maximum atomic E-state index is 8.84. The molecular formula is C42H34N8Pt. The molecule has 2 aliphatic rings. The van der Waals surface area contributed by atoms with Gasteiger partial charge in [-0.3, -0.25) is 0 Å². The Morgan fingerprint density at radius 3 is 1.84 bits per heavy atom. The summed E-state index contributed by atoms with van der Waals surface area (Å²) in [7, 11) is 4.09. The number of pyridine rings is 2. The predicted molar refractivity (Wildman–Crippen MR) is 203 cm³/mol. The van der Waals surface area contributed by atoms with Crippen LogP contribution >= 0.6 is 0 Å². The van der Waals surface area contributed by atoms with Crippen molar-refractivity contribution in [2.75, 3.05) is 33.7 Å². The first-order valence-electron chi connectivity index (χ1n) is 16.4. The molecule has 51 heavy (non-hydrogen) atoms. The van der Waals surface area contributed by atoms with Gasteiger partial charge in [0.2, 0.25) is 0 Å². The van der Waals surface area contributed by atoms with E-state index in [4.69, 9.17) is 5.26 Å². The van der Waals surface area contributed by atoms with Crippen molar-refractivity contribution in [2.24, 2.45) is 0 Å². The van der Waals surface area contributed by atoms with Crippen LogP contribution in [0.4, 0.5) is 34.4 Å². The maximum Gasteiger partial charge on any atom is 4.00 e. The van der Waals surface area contributed by atoms with Crippen molar-refractivity contribution in [1.82, 2.24) is 15.0 Å². The summed E-state index contributed by atoms with van der Waals surface area (Å²) < 4.78 is 0. The zero-order valence-electron chi connectivity index (χ0n) is 28.9. The first-order valence-corrected chi connectivity index (χ1v) is 16.4. The third-order valence-corrected chi connectivity index (χ3v) is 9.21. The van der Waals surface area contributed by atoms with Gasteiger partial charge in [0.05, 0.1) is 11.6 Å². The summed E-state index contributed by atoms with van der Waals surface area (Å²) in [5, 5.41) is 11.0. The summed E-state index contributed by atoms with van der Waals surface area (Å²) in [5.41, 5.74) is 12.8. The van der Waals surface area contributed by atoms with Gasteiger partial charge in [-0.2, -0.15) is 18.6 Å². The molecule has 0 spiro atoms. The zero-order valence-corrected chi connectivity index (χ0v) is 31.1. The molecule has 7 aromatic rings. The van der Waals surface area contributed by atoms with Crippen LogP contribution < -0.4 is 24.6 Å². The van der Waals surface area contributed by atoms with E-state index in [9.17, 15) is 0 Å².